The summed E-state index contributed by atoms with van der Waals surface area (Å²) in [5, 5.41) is 31.2. The number of anilines is 1. The van der Waals surface area contributed by atoms with Gasteiger partial charge in [0.25, 0.3) is 0 Å². The lowest BCUT2D eigenvalue weighted by molar-refractivity contribution is -0.151. The molecule has 0 radical (unpaired) electrons. The normalized spacial score (nSPS) is 34.5. The molecule has 1 aliphatic heterocycles. The second-order valence-corrected chi connectivity index (χ2v) is 16.4. The van der Waals surface area contributed by atoms with Crippen LogP contribution >= 0.6 is 0 Å². The van der Waals surface area contributed by atoms with E-state index in [-0.39, 0.29) is 43.0 Å². The number of aliphatic hydroxyl groups excluding tert-OH is 3. The van der Waals surface area contributed by atoms with E-state index in [2.05, 4.69) is 37.6 Å². The molecule has 55 heavy (non-hydrogen) atoms. The fourth-order valence-corrected chi connectivity index (χ4v) is 9.28. The summed E-state index contributed by atoms with van der Waals surface area (Å²) in [4.78, 5) is 40.7. The zero-order valence-electron chi connectivity index (χ0n) is 31.7. The molecule has 6 unspecified atom stereocenters. The van der Waals surface area contributed by atoms with E-state index < -0.39 is 60.8 Å². The van der Waals surface area contributed by atoms with Crippen molar-refractivity contribution in [3.63, 3.8) is 0 Å². The van der Waals surface area contributed by atoms with Crippen LogP contribution in [0.5, 0.6) is 0 Å². The van der Waals surface area contributed by atoms with Gasteiger partial charge in [-0.25, -0.2) is 4.79 Å². The molecule has 5 N–H and O–H groups in total. The maximum Gasteiger partial charge on any atom is 0.351 e. The highest BCUT2D eigenvalue weighted by Crippen LogP contribution is 2.59. The Balaban J connectivity index is 0.971. The number of aromatic nitrogens is 2. The van der Waals surface area contributed by atoms with Crippen LogP contribution in [-0.4, -0.2) is 79.9 Å². The van der Waals surface area contributed by atoms with Gasteiger partial charge in [0.1, 0.15) is 24.6 Å². The van der Waals surface area contributed by atoms with E-state index in [1.807, 2.05) is 12.2 Å². The average Bonchev–Trinajstić information content (AvgIpc) is 3.88. The molecule has 4 aliphatic carbocycles. The molecule has 6 rings (SSSR count). The topological polar surface area (TPSA) is 183 Å². The third-order valence-corrected chi connectivity index (χ3v) is 12.6. The number of esters is 2. The zero-order chi connectivity index (χ0) is 39.7. The maximum absolute atomic E-state index is 14.8. The number of rotatable bonds is 13. The largest absolute Gasteiger partial charge is 0.463 e. The van der Waals surface area contributed by atoms with Gasteiger partial charge in [0, 0.05) is 25.5 Å². The minimum Gasteiger partial charge on any atom is -0.463 e. The number of nitrogens with two attached hydrogens (primary N) is 1. The predicted octanol–water partition coefficient (Wildman–Crippen LogP) is 5.09. The van der Waals surface area contributed by atoms with Crippen LogP contribution < -0.4 is 11.4 Å². The van der Waals surface area contributed by atoms with Crippen molar-refractivity contribution >= 4 is 17.8 Å². The van der Waals surface area contributed by atoms with E-state index in [0.29, 0.717) is 40.2 Å². The summed E-state index contributed by atoms with van der Waals surface area (Å²) in [6, 6.07) is 1.13. The van der Waals surface area contributed by atoms with Gasteiger partial charge >= 0.3 is 23.6 Å². The van der Waals surface area contributed by atoms with Crippen LogP contribution in [0.2, 0.25) is 0 Å². The van der Waals surface area contributed by atoms with Crippen LogP contribution in [0.1, 0.15) is 97.1 Å². The van der Waals surface area contributed by atoms with Gasteiger partial charge in [0.05, 0.1) is 12.2 Å². The Bertz CT molecular complexity index is 1760. The summed E-state index contributed by atoms with van der Waals surface area (Å²) in [5.41, 5.74) is 7.37. The number of alkyl halides is 2. The average molecular weight is 772 g/mol. The number of halogens is 2. The van der Waals surface area contributed by atoms with Gasteiger partial charge in [0.2, 0.25) is 6.23 Å². The minimum atomic E-state index is -3.89. The molecule has 0 amide bonds. The summed E-state index contributed by atoms with van der Waals surface area (Å²) in [6.45, 7) is 8.21. The first-order chi connectivity index (χ1) is 26.1. The van der Waals surface area contributed by atoms with Crippen molar-refractivity contribution in [3.8, 4) is 0 Å². The van der Waals surface area contributed by atoms with Crippen LogP contribution in [0.25, 0.3) is 0 Å². The highest BCUT2D eigenvalue weighted by molar-refractivity contribution is 5.73. The molecule has 5 fully saturated rings. The molecule has 1 aromatic heterocycles. The van der Waals surface area contributed by atoms with E-state index in [4.69, 9.17) is 19.9 Å². The number of nitrogens with zero attached hydrogens (tertiary/aromatic N) is 2. The van der Waals surface area contributed by atoms with Gasteiger partial charge in [-0.1, -0.05) is 50.3 Å². The molecule has 0 bridgehead atoms. The van der Waals surface area contributed by atoms with Crippen molar-refractivity contribution in [1.29, 1.82) is 0 Å². The third kappa shape index (κ3) is 9.13. The first-order valence-electron chi connectivity index (χ1n) is 19.6. The summed E-state index contributed by atoms with van der Waals surface area (Å²) in [6.07, 6.45) is 9.55. The molecule has 0 spiro atoms. The predicted molar refractivity (Wildman–Crippen MR) is 198 cm³/mol. The Hall–Kier alpha value is -3.72. The van der Waals surface area contributed by atoms with Crippen LogP contribution in [0.3, 0.4) is 0 Å². The lowest BCUT2D eigenvalue weighted by Gasteiger charge is -2.44. The fraction of sp³-hybridized carbons (Fsp3) is 0.659. The second kappa shape index (κ2) is 16.8. The first-order valence-corrected chi connectivity index (χ1v) is 19.6. The lowest BCUT2D eigenvalue weighted by atomic mass is 9.61. The van der Waals surface area contributed by atoms with Gasteiger partial charge in [-0.2, -0.15) is 13.8 Å². The highest BCUT2D eigenvalue weighted by Gasteiger charge is 2.60. The lowest BCUT2D eigenvalue weighted by Crippen LogP contribution is -2.42. The Morgan fingerprint density at radius 2 is 1.91 bits per heavy atom. The summed E-state index contributed by atoms with van der Waals surface area (Å²) < 4.78 is 46.0. The second-order valence-electron chi connectivity index (χ2n) is 16.4. The molecule has 0 aromatic carbocycles. The van der Waals surface area contributed by atoms with Crippen LogP contribution in [0.4, 0.5) is 14.6 Å². The molecule has 2 heterocycles. The smallest absolute Gasteiger partial charge is 0.351 e. The fourth-order valence-electron chi connectivity index (χ4n) is 9.28. The van der Waals surface area contributed by atoms with Gasteiger partial charge < -0.3 is 35.3 Å². The monoisotopic (exact) mass is 771 g/mol. The molecule has 5 aliphatic rings. The number of carbonyl (C=O) groups excluding carboxylic acids is 2. The number of allylic oxidation sites excluding steroid dienone is 4. The number of carbonyl (C=O) groups is 2. The van der Waals surface area contributed by atoms with Crippen molar-refractivity contribution in [2.24, 2.45) is 29.1 Å². The van der Waals surface area contributed by atoms with Crippen molar-refractivity contribution in [3.05, 3.63) is 70.3 Å². The molecule has 1 aromatic rings. The van der Waals surface area contributed by atoms with E-state index in [1.165, 1.54) is 12.0 Å². The Morgan fingerprint density at radius 1 is 1.16 bits per heavy atom. The van der Waals surface area contributed by atoms with Crippen molar-refractivity contribution in [2.75, 3.05) is 12.3 Å². The Morgan fingerprint density at radius 3 is 2.64 bits per heavy atom. The number of ether oxygens (including phenoxy) is 3. The van der Waals surface area contributed by atoms with Crippen molar-refractivity contribution < 1.29 is 47.9 Å². The number of nitrogen functional groups attached to an aromatic ring is 1. The van der Waals surface area contributed by atoms with Gasteiger partial charge in [-0.05, 0) is 104 Å². The molecule has 14 heteroatoms. The number of aliphatic hydroxyl groups is 3. The molecule has 12 nitrogen and oxygen atoms in total. The minimum absolute atomic E-state index is 0.0459. The van der Waals surface area contributed by atoms with E-state index in [1.54, 1.807) is 0 Å². The molecule has 4 saturated carbocycles. The summed E-state index contributed by atoms with van der Waals surface area (Å²) in [5.74, 6) is -3.64. The first kappa shape index (κ1) is 40.9. The molecule has 302 valence electrons. The quantitative estimate of drug-likeness (QED) is 0.155. The molecular weight excluding hydrogens is 716 g/mol. The van der Waals surface area contributed by atoms with E-state index >= 15 is 0 Å². The van der Waals surface area contributed by atoms with Crippen LogP contribution in [-0.2, 0) is 23.8 Å². The van der Waals surface area contributed by atoms with Gasteiger partial charge in [-0.3, -0.25) is 14.2 Å². The van der Waals surface area contributed by atoms with Crippen molar-refractivity contribution in [2.45, 2.75) is 134 Å². The molecule has 1 saturated heterocycles. The van der Waals surface area contributed by atoms with Crippen LogP contribution in [0, 0.1) is 29.1 Å². The van der Waals surface area contributed by atoms with Gasteiger partial charge in [0.15, 0.2) is 6.10 Å². The Labute approximate surface area is 320 Å². The van der Waals surface area contributed by atoms with Crippen LogP contribution in [0.15, 0.2) is 64.7 Å². The number of hydrogen-bond donors (Lipinski definition) is 4. The van der Waals surface area contributed by atoms with Crippen molar-refractivity contribution in [1.82, 2.24) is 9.55 Å². The van der Waals surface area contributed by atoms with Gasteiger partial charge in [-0.15, -0.1) is 0 Å². The Kier molecular flexibility index (Phi) is 12.5. The third-order valence-electron chi connectivity index (χ3n) is 12.6. The van der Waals surface area contributed by atoms with E-state index in [0.717, 1.165) is 56.4 Å². The SMILES string of the molecule is C=C1/C(=C\C=C2/CCC[C@@]3(C)C2CCC3[C@@H](C)/C=C/C(O)C2CC2)C[C@@H](O)C[C@@H]1OC(=O)CCCC(=O)OCC1OC(n2ccc(N)nc2=O)C(F)(F)C1O. The summed E-state index contributed by atoms with van der Waals surface area (Å²) >= 11 is 0. The number of hydrogen-bond acceptors (Lipinski definition) is 11. The maximum atomic E-state index is 14.8. The summed E-state index contributed by atoms with van der Waals surface area (Å²) in [7, 11) is 0. The standard InChI is InChI=1S/C41H55F2N3O9/c1-23(9-16-31(48)26-11-12-26)29-14-15-30-25(6-5-18-40(29,30)3)10-13-27-20-28(47)21-32(24(27)2)54-36(50)8-4-7-35(49)53-22-33-37(51)41(42,43)38(55-33)46-19-17-34(44)45-39(46)52/h9-10,13,16-17,19,23,26,28-33,37-38,47-48,51H,2,4-8,11-12,14-15,18,20-22H2,1,3H3,(H2,44,45,52)/b16-9+,25-10+,27-13-/t23-,28+,29?,30?,31?,32-,33?,37?,38?,40+/m0/s1. The molecule has 10 atom stereocenters. The molecular formula is C41H55F2N3O9. The highest BCUT2D eigenvalue weighted by atomic mass is 19.3. The van der Waals surface area contributed by atoms with E-state index in [9.17, 15) is 38.5 Å². The zero-order valence-corrected chi connectivity index (χ0v) is 31.7. The number of fused-ring (bicyclic) bond motifs is 1.